The van der Waals surface area contributed by atoms with Crippen LogP contribution in [0.1, 0.15) is 48.1 Å². The summed E-state index contributed by atoms with van der Waals surface area (Å²) in [5.41, 5.74) is 4.62. The number of benzene rings is 2. The first-order valence-corrected chi connectivity index (χ1v) is 14.5. The zero-order chi connectivity index (χ0) is 28.2. The van der Waals surface area contributed by atoms with E-state index in [9.17, 15) is 0 Å². The standard InChI is InChI=1S/C30H38N6O3S/c1-3-17-35(36-19-16-32-22-36)18-15-28-29(33-23(2)40-28)24-7-11-26(12-8-24)38-20-5-4-6-21-39-27-13-9-25(10-14-27)30(31)34-37/h7-14,16,19,22,37H,3-6,15,17-18,20-21H2,1-2H3,(H2,31,34). The maximum absolute atomic E-state index is 8.80. The number of imidazole rings is 1. The predicted octanol–water partition coefficient (Wildman–Crippen LogP) is 5.84. The van der Waals surface area contributed by atoms with Gasteiger partial charge in [-0.2, -0.15) is 0 Å². The van der Waals surface area contributed by atoms with Gasteiger partial charge in [0.25, 0.3) is 0 Å². The lowest BCUT2D eigenvalue weighted by atomic mass is 10.1. The highest BCUT2D eigenvalue weighted by Gasteiger charge is 2.14. The third-order valence-corrected chi connectivity index (χ3v) is 7.44. The van der Waals surface area contributed by atoms with Gasteiger partial charge in [0.15, 0.2) is 0 Å². The summed E-state index contributed by atoms with van der Waals surface area (Å²) in [6.45, 7) is 7.43. The molecule has 2 aromatic carbocycles. The predicted molar refractivity (Wildman–Crippen MR) is 159 cm³/mol. The molecule has 4 rings (SSSR count). The van der Waals surface area contributed by atoms with Crippen LogP contribution in [0.25, 0.3) is 11.3 Å². The second-order valence-electron chi connectivity index (χ2n) is 9.44. The Morgan fingerprint density at radius 3 is 2.27 bits per heavy atom. The third-order valence-electron chi connectivity index (χ3n) is 6.41. The second-order valence-corrected chi connectivity index (χ2v) is 10.7. The first-order chi connectivity index (χ1) is 19.6. The van der Waals surface area contributed by atoms with E-state index in [1.165, 1.54) is 4.88 Å². The van der Waals surface area contributed by atoms with Gasteiger partial charge in [0, 0.05) is 47.9 Å². The summed E-state index contributed by atoms with van der Waals surface area (Å²) in [5.74, 6) is 1.58. The van der Waals surface area contributed by atoms with Gasteiger partial charge in [-0.25, -0.2) is 9.97 Å². The molecule has 0 aliphatic heterocycles. The van der Waals surface area contributed by atoms with Crippen LogP contribution in [0.4, 0.5) is 0 Å². The van der Waals surface area contributed by atoms with Crippen molar-refractivity contribution in [2.24, 2.45) is 0 Å². The quantitative estimate of drug-likeness (QED) is 0.0682. The molecule has 0 spiro atoms. The maximum atomic E-state index is 8.80. The van der Waals surface area contributed by atoms with Crippen molar-refractivity contribution < 1.29 is 14.7 Å². The molecule has 0 saturated carbocycles. The number of amidine groups is 1. The summed E-state index contributed by atoms with van der Waals surface area (Å²) < 4.78 is 13.8. The van der Waals surface area contributed by atoms with E-state index in [1.54, 1.807) is 35.6 Å². The van der Waals surface area contributed by atoms with Gasteiger partial charge in [-0.1, -0.05) is 6.92 Å². The number of rotatable bonds is 16. The molecule has 0 fully saturated rings. The lowest BCUT2D eigenvalue weighted by Crippen LogP contribution is -2.36. The Morgan fingerprint density at radius 1 is 1.00 bits per heavy atom. The summed E-state index contributed by atoms with van der Waals surface area (Å²) in [6, 6.07) is 15.3. The number of ether oxygens (including phenoxy) is 2. The molecule has 2 heterocycles. The minimum absolute atomic E-state index is 0.0412. The number of aromatic nitrogens is 3. The maximum Gasteiger partial charge on any atom is 0.149 e. The molecule has 10 heteroatoms. The van der Waals surface area contributed by atoms with Gasteiger partial charge in [0.05, 0.1) is 23.9 Å². The summed E-state index contributed by atoms with van der Waals surface area (Å²) in [6.07, 6.45) is 10.6. The molecular formula is C30H38N6O3S. The molecule has 0 bridgehead atoms. The van der Waals surface area contributed by atoms with E-state index >= 15 is 0 Å². The van der Waals surface area contributed by atoms with Crippen molar-refractivity contribution in [1.82, 2.24) is 20.1 Å². The molecule has 40 heavy (non-hydrogen) atoms. The van der Waals surface area contributed by atoms with E-state index in [1.807, 2.05) is 36.3 Å². The van der Waals surface area contributed by atoms with Crippen LogP contribution < -0.4 is 20.0 Å². The number of nitrogens with zero attached hydrogens (tertiary/aromatic N) is 4. The first-order valence-electron chi connectivity index (χ1n) is 13.7. The molecule has 0 amide bonds. The Labute approximate surface area is 239 Å². The van der Waals surface area contributed by atoms with Gasteiger partial charge in [-0.15, -0.1) is 11.3 Å². The summed E-state index contributed by atoms with van der Waals surface area (Å²) in [7, 11) is 0. The molecule has 0 aliphatic rings. The average molecular weight is 563 g/mol. The van der Waals surface area contributed by atoms with E-state index in [2.05, 4.69) is 40.6 Å². The van der Waals surface area contributed by atoms with Crippen molar-refractivity contribution in [3.8, 4) is 22.8 Å². The lowest BCUT2D eigenvalue weighted by Gasteiger charge is -2.24. The van der Waals surface area contributed by atoms with E-state index < -0.39 is 0 Å². The number of hydroxylamine groups is 1. The Kier molecular flexibility index (Phi) is 10.9. The molecule has 0 unspecified atom stereocenters. The monoisotopic (exact) mass is 562 g/mol. The zero-order valence-corrected chi connectivity index (χ0v) is 24.0. The molecule has 4 aromatic rings. The highest BCUT2D eigenvalue weighted by atomic mass is 32.1. The van der Waals surface area contributed by atoms with E-state index in [0.717, 1.165) is 73.0 Å². The van der Waals surface area contributed by atoms with E-state index in [4.69, 9.17) is 25.1 Å². The van der Waals surface area contributed by atoms with Gasteiger partial charge < -0.3 is 14.5 Å². The van der Waals surface area contributed by atoms with Gasteiger partial charge in [-0.05, 0) is 81.1 Å². The van der Waals surface area contributed by atoms with Crippen LogP contribution in [0.3, 0.4) is 0 Å². The van der Waals surface area contributed by atoms with Crippen LogP contribution >= 0.6 is 11.3 Å². The fourth-order valence-electron chi connectivity index (χ4n) is 4.37. The van der Waals surface area contributed by atoms with Crippen molar-refractivity contribution in [3.63, 3.8) is 0 Å². The van der Waals surface area contributed by atoms with Crippen molar-refractivity contribution in [2.75, 3.05) is 31.3 Å². The highest BCUT2D eigenvalue weighted by Crippen LogP contribution is 2.30. The average Bonchev–Trinajstić information content (AvgIpc) is 3.65. The van der Waals surface area contributed by atoms with Crippen LogP contribution in [-0.4, -0.2) is 52.0 Å². The normalized spacial score (nSPS) is 10.9. The molecular weight excluding hydrogens is 524 g/mol. The summed E-state index contributed by atoms with van der Waals surface area (Å²) in [4.78, 5) is 10.3. The fraction of sp³-hybridized carbons (Fsp3) is 0.367. The smallest absolute Gasteiger partial charge is 0.149 e. The van der Waals surface area contributed by atoms with E-state index in [-0.39, 0.29) is 5.84 Å². The second kappa shape index (κ2) is 15.0. The molecule has 0 radical (unpaired) electrons. The molecule has 9 nitrogen and oxygen atoms in total. The van der Waals surface area contributed by atoms with Crippen molar-refractivity contribution in [2.45, 2.75) is 46.0 Å². The minimum Gasteiger partial charge on any atom is -0.494 e. The molecule has 0 aliphatic carbocycles. The van der Waals surface area contributed by atoms with Crippen LogP contribution in [-0.2, 0) is 6.42 Å². The Morgan fingerprint density at radius 2 is 1.68 bits per heavy atom. The number of hydrogen-bond donors (Lipinski definition) is 3. The number of hydrogen-bond acceptors (Lipinski definition) is 8. The number of unbranched alkanes of at least 4 members (excludes halogenated alkanes) is 2. The molecule has 2 aromatic heterocycles. The zero-order valence-electron chi connectivity index (χ0n) is 23.2. The number of aryl methyl sites for hydroxylation is 1. The van der Waals surface area contributed by atoms with Gasteiger partial charge in [-0.3, -0.25) is 20.8 Å². The topological polar surface area (TPSA) is 109 Å². The van der Waals surface area contributed by atoms with Crippen LogP contribution in [0, 0.1) is 12.3 Å². The van der Waals surface area contributed by atoms with Crippen molar-refractivity contribution in [1.29, 1.82) is 5.41 Å². The van der Waals surface area contributed by atoms with Gasteiger partial charge in [0.1, 0.15) is 23.7 Å². The van der Waals surface area contributed by atoms with Crippen molar-refractivity contribution >= 4 is 17.2 Å². The van der Waals surface area contributed by atoms with Crippen LogP contribution in [0.5, 0.6) is 11.5 Å². The van der Waals surface area contributed by atoms with Crippen LogP contribution in [0.2, 0.25) is 0 Å². The molecule has 0 atom stereocenters. The minimum atomic E-state index is -0.0412. The Hall–Kier alpha value is -3.89. The Balaban J connectivity index is 1.19. The molecule has 0 saturated heterocycles. The third kappa shape index (κ3) is 8.30. The SMILES string of the molecule is CCCN(CCc1sc(C)nc1-c1ccc(OCCCCCOc2ccc(C(=N)NO)cc2)cc1)n1ccnc1. The van der Waals surface area contributed by atoms with Gasteiger partial charge in [0.2, 0.25) is 0 Å². The largest absolute Gasteiger partial charge is 0.494 e. The number of thiazole rings is 1. The lowest BCUT2D eigenvalue weighted by molar-refractivity contribution is 0.234. The van der Waals surface area contributed by atoms with Crippen molar-refractivity contribution in [3.05, 3.63) is 82.7 Å². The Bertz CT molecular complexity index is 1310. The van der Waals surface area contributed by atoms with E-state index in [0.29, 0.717) is 18.8 Å². The molecule has 212 valence electrons. The summed E-state index contributed by atoms with van der Waals surface area (Å²) >= 11 is 1.77. The first kappa shape index (κ1) is 29.1. The number of nitrogens with one attached hydrogen (secondary N) is 2. The highest BCUT2D eigenvalue weighted by molar-refractivity contribution is 7.12. The molecule has 3 N–H and O–H groups in total. The van der Waals surface area contributed by atoms with Crippen LogP contribution in [0.15, 0.2) is 67.3 Å². The summed E-state index contributed by atoms with van der Waals surface area (Å²) in [5, 5.41) is 19.7. The fourth-order valence-corrected chi connectivity index (χ4v) is 5.31. The van der Waals surface area contributed by atoms with Gasteiger partial charge >= 0.3 is 0 Å².